The third-order valence-electron chi connectivity index (χ3n) is 5.10. The van der Waals surface area contributed by atoms with E-state index in [0.29, 0.717) is 0 Å². The van der Waals surface area contributed by atoms with E-state index in [0.717, 1.165) is 6.26 Å². The number of rotatable bonds is 8. The second-order valence-electron chi connectivity index (χ2n) is 8.73. The van der Waals surface area contributed by atoms with Crippen molar-refractivity contribution in [3.63, 3.8) is 0 Å². The molecule has 0 heterocycles. The molecule has 0 radical (unpaired) electrons. The van der Waals surface area contributed by atoms with Crippen LogP contribution in [0.1, 0.15) is 43.0 Å². The second-order valence-corrected chi connectivity index (χ2v) is 16.6. The molecule has 0 aliphatic heterocycles. The van der Waals surface area contributed by atoms with E-state index in [1.54, 1.807) is 12.1 Å². The van der Waals surface area contributed by atoms with Crippen LogP contribution in [-0.4, -0.2) is 37.4 Å². The van der Waals surface area contributed by atoms with Gasteiger partial charge in [0.1, 0.15) is 0 Å². The molecule has 176 valence electrons. The molecule has 0 bridgehead atoms. The molecule has 2 aromatic carbocycles. The zero-order valence-electron chi connectivity index (χ0n) is 18.9. The van der Waals surface area contributed by atoms with Crippen LogP contribution in [0.3, 0.4) is 0 Å². The highest BCUT2D eigenvalue weighted by atomic mass is 32.2. The highest BCUT2D eigenvalue weighted by molar-refractivity contribution is 7.87. The molecule has 0 saturated carbocycles. The van der Waals surface area contributed by atoms with Crippen LogP contribution in [-0.2, 0) is 33.0 Å². The Labute approximate surface area is 190 Å². The van der Waals surface area contributed by atoms with E-state index < -0.39 is 40.8 Å². The first-order valence-corrected chi connectivity index (χ1v) is 15.9. The molecule has 11 heteroatoms. The van der Waals surface area contributed by atoms with Crippen molar-refractivity contribution in [3.05, 3.63) is 65.7 Å². The molecule has 0 spiro atoms. The Morgan fingerprint density at radius 3 is 1.94 bits per heavy atom. The van der Waals surface area contributed by atoms with Crippen LogP contribution in [0.5, 0.6) is 0 Å². The third kappa shape index (κ3) is 6.72. The molecule has 0 N–H and O–H groups in total. The number of carbonyl (C=O) groups is 1. The van der Waals surface area contributed by atoms with Crippen LogP contribution in [0, 0.1) is 0 Å². The zero-order valence-corrected chi connectivity index (χ0v) is 21.5. The smallest absolute Gasteiger partial charge is 0.325 e. The van der Waals surface area contributed by atoms with Gasteiger partial charge in [-0.3, -0.25) is 0 Å². The summed E-state index contributed by atoms with van der Waals surface area (Å²) in [5, 5.41) is -0.270. The van der Waals surface area contributed by atoms with E-state index in [4.69, 9.17) is 12.8 Å². The van der Waals surface area contributed by atoms with E-state index in [9.17, 15) is 21.6 Å². The standard InChI is InChI=1S/C21H28O8S2Si/c1-21(2,3)32(5,6)29-19(22)17-14-10-11-15-18(17)20(27-30(4,23)24)28-31(25,26)16-12-8-7-9-13-16/h7-15,20H,1-6H3. The van der Waals surface area contributed by atoms with Crippen molar-refractivity contribution in [2.45, 2.75) is 50.1 Å². The number of benzene rings is 2. The molecule has 0 aliphatic carbocycles. The van der Waals surface area contributed by atoms with E-state index in [1.807, 2.05) is 33.9 Å². The van der Waals surface area contributed by atoms with Crippen LogP contribution < -0.4 is 0 Å². The maximum absolute atomic E-state index is 13.0. The zero-order chi connectivity index (χ0) is 24.4. The van der Waals surface area contributed by atoms with Gasteiger partial charge in [0.25, 0.3) is 28.6 Å². The van der Waals surface area contributed by atoms with Gasteiger partial charge in [-0.2, -0.15) is 16.8 Å². The van der Waals surface area contributed by atoms with Crippen molar-refractivity contribution < 1.29 is 34.4 Å². The predicted molar refractivity (Wildman–Crippen MR) is 122 cm³/mol. The summed E-state index contributed by atoms with van der Waals surface area (Å²) in [5.74, 6) is -0.713. The maximum atomic E-state index is 13.0. The fourth-order valence-electron chi connectivity index (χ4n) is 2.36. The summed E-state index contributed by atoms with van der Waals surface area (Å²) in [6.45, 7) is 9.65. The van der Waals surface area contributed by atoms with Crippen molar-refractivity contribution in [2.75, 3.05) is 6.26 Å². The van der Waals surface area contributed by atoms with Crippen molar-refractivity contribution in [1.82, 2.24) is 0 Å². The topological polar surface area (TPSA) is 113 Å². The number of hydrogen-bond donors (Lipinski definition) is 0. The van der Waals surface area contributed by atoms with Gasteiger partial charge in [-0.05, 0) is 36.3 Å². The monoisotopic (exact) mass is 500 g/mol. The van der Waals surface area contributed by atoms with Crippen LogP contribution in [0.15, 0.2) is 59.5 Å². The quantitative estimate of drug-likeness (QED) is 0.301. The lowest BCUT2D eigenvalue weighted by Crippen LogP contribution is -2.42. The first-order chi connectivity index (χ1) is 14.5. The van der Waals surface area contributed by atoms with Crippen molar-refractivity contribution >= 4 is 34.5 Å². The molecule has 1 atom stereocenters. The molecule has 2 rings (SSSR count). The first-order valence-electron chi connectivity index (χ1n) is 9.72. The lowest BCUT2D eigenvalue weighted by molar-refractivity contribution is 0.0149. The van der Waals surface area contributed by atoms with Gasteiger partial charge in [0.15, 0.2) is 0 Å². The van der Waals surface area contributed by atoms with E-state index in [2.05, 4.69) is 0 Å². The van der Waals surface area contributed by atoms with Gasteiger partial charge in [-0.1, -0.05) is 57.2 Å². The first kappa shape index (κ1) is 26.2. The molecule has 0 amide bonds. The predicted octanol–water partition coefficient (Wildman–Crippen LogP) is 4.23. The van der Waals surface area contributed by atoms with Gasteiger partial charge in [0.2, 0.25) is 6.29 Å². The molecule has 0 saturated heterocycles. The Bertz CT molecular complexity index is 1170. The van der Waals surface area contributed by atoms with Gasteiger partial charge < -0.3 is 4.43 Å². The Kier molecular flexibility index (Phi) is 7.73. The van der Waals surface area contributed by atoms with E-state index in [1.165, 1.54) is 42.5 Å². The highest BCUT2D eigenvalue weighted by Gasteiger charge is 2.41. The second kappa shape index (κ2) is 9.44. The lowest BCUT2D eigenvalue weighted by atomic mass is 10.1. The van der Waals surface area contributed by atoms with Crippen LogP contribution in [0.4, 0.5) is 0 Å². The largest absolute Gasteiger partial charge is 0.516 e. The van der Waals surface area contributed by atoms with Crippen LogP contribution >= 0.6 is 0 Å². The van der Waals surface area contributed by atoms with Crippen LogP contribution in [0.2, 0.25) is 18.1 Å². The Hall–Kier alpha value is -2.05. The average Bonchev–Trinajstić information content (AvgIpc) is 2.65. The molecule has 0 aliphatic rings. The summed E-state index contributed by atoms with van der Waals surface area (Å²) < 4.78 is 65.1. The minimum absolute atomic E-state index is 0.0470. The maximum Gasteiger partial charge on any atom is 0.325 e. The SMILES string of the molecule is CC(C)(C)[Si](C)(C)OC(=O)c1ccccc1C(OS(C)(=O)=O)OS(=O)(=O)c1ccccc1. The summed E-state index contributed by atoms with van der Waals surface area (Å²) in [4.78, 5) is 12.8. The van der Waals surface area contributed by atoms with E-state index >= 15 is 0 Å². The molecule has 32 heavy (non-hydrogen) atoms. The van der Waals surface area contributed by atoms with Gasteiger partial charge in [-0.25, -0.2) is 13.2 Å². The average molecular weight is 501 g/mol. The molecule has 2 aromatic rings. The normalized spacial score (nSPS) is 14.1. The summed E-state index contributed by atoms with van der Waals surface area (Å²) >= 11 is 0. The fraction of sp³-hybridized carbons (Fsp3) is 0.381. The van der Waals surface area contributed by atoms with Crippen LogP contribution in [0.25, 0.3) is 0 Å². The Morgan fingerprint density at radius 2 is 1.41 bits per heavy atom. The summed E-state index contributed by atoms with van der Waals surface area (Å²) in [7, 11) is -11.1. The number of carbonyl (C=O) groups excluding carboxylic acids is 1. The molecule has 1 unspecified atom stereocenters. The molecular weight excluding hydrogens is 472 g/mol. The van der Waals surface area contributed by atoms with Crippen molar-refractivity contribution in [1.29, 1.82) is 0 Å². The molecule has 0 fully saturated rings. The van der Waals surface area contributed by atoms with Gasteiger partial charge in [-0.15, -0.1) is 0 Å². The summed E-state index contributed by atoms with van der Waals surface area (Å²) in [5.41, 5.74) is -0.129. The summed E-state index contributed by atoms with van der Waals surface area (Å²) in [6, 6.07) is 13.0. The highest BCUT2D eigenvalue weighted by Crippen LogP contribution is 2.38. The minimum atomic E-state index is -4.41. The lowest BCUT2D eigenvalue weighted by Gasteiger charge is -2.35. The number of hydrogen-bond acceptors (Lipinski definition) is 8. The molecule has 0 aromatic heterocycles. The third-order valence-corrected chi connectivity index (χ3v) is 11.2. The van der Waals surface area contributed by atoms with Gasteiger partial charge >= 0.3 is 5.97 Å². The van der Waals surface area contributed by atoms with Gasteiger partial charge in [0.05, 0.1) is 16.7 Å². The van der Waals surface area contributed by atoms with Crippen molar-refractivity contribution in [2.24, 2.45) is 0 Å². The fourth-order valence-corrected chi connectivity index (χ4v) is 4.73. The Morgan fingerprint density at radius 1 is 0.875 bits per heavy atom. The summed E-state index contributed by atoms with van der Waals surface area (Å²) in [6.07, 6.45) is -1.16. The molecular formula is C21H28O8S2Si. The minimum Gasteiger partial charge on any atom is -0.516 e. The van der Waals surface area contributed by atoms with Gasteiger partial charge in [0, 0.05) is 5.56 Å². The molecule has 8 nitrogen and oxygen atoms in total. The van der Waals surface area contributed by atoms with Crippen molar-refractivity contribution in [3.8, 4) is 0 Å². The Balaban J connectivity index is 2.51. The van der Waals surface area contributed by atoms with E-state index in [-0.39, 0.29) is 21.1 Å².